The van der Waals surface area contributed by atoms with Crippen molar-refractivity contribution in [2.45, 2.75) is 63.8 Å². The topological polar surface area (TPSA) is 20.2 Å². The molecule has 0 aliphatic carbocycles. The molecule has 0 spiro atoms. The van der Waals surface area contributed by atoms with E-state index in [1.807, 2.05) is 0 Å². The fraction of sp³-hybridized carbons (Fsp3) is 1.00. The molecule has 2 aliphatic heterocycles. The van der Waals surface area contributed by atoms with E-state index in [9.17, 15) is 5.11 Å². The Labute approximate surface area is 81.1 Å². The van der Waals surface area contributed by atoms with Crippen molar-refractivity contribution < 1.29 is 9.59 Å². The van der Waals surface area contributed by atoms with E-state index in [0.29, 0.717) is 6.04 Å². The number of aliphatic hydroxyl groups is 1. The molecule has 2 nitrogen and oxygen atoms in total. The second-order valence-electron chi connectivity index (χ2n) is 5.33. The Kier molecular flexibility index (Phi) is 2.16. The first-order valence-corrected chi connectivity index (χ1v) is 5.58. The van der Waals surface area contributed by atoms with Gasteiger partial charge in [-0.1, -0.05) is 0 Å². The third-order valence-corrected chi connectivity index (χ3v) is 4.61. The summed E-state index contributed by atoms with van der Waals surface area (Å²) in [6.45, 7) is 4.64. The number of piperidine rings is 1. The third kappa shape index (κ3) is 1.23. The minimum Gasteiger partial charge on any atom is -0.393 e. The minimum atomic E-state index is -0.0116. The van der Waals surface area contributed by atoms with Crippen LogP contribution in [0.1, 0.15) is 39.5 Å². The SMILES string of the molecule is CC(C)[N@@+]1(C)[C@@H]2CC[C@H]1C[C@@H](O)C2. The molecule has 13 heavy (non-hydrogen) atoms. The van der Waals surface area contributed by atoms with Gasteiger partial charge in [-0.3, -0.25) is 0 Å². The monoisotopic (exact) mass is 184 g/mol. The number of fused-ring (bicyclic) bond motifs is 2. The van der Waals surface area contributed by atoms with Crippen molar-refractivity contribution in [3.05, 3.63) is 0 Å². The number of rotatable bonds is 1. The van der Waals surface area contributed by atoms with Crippen LogP contribution in [0.15, 0.2) is 0 Å². The Hall–Kier alpha value is -0.0800. The Morgan fingerprint density at radius 2 is 1.62 bits per heavy atom. The van der Waals surface area contributed by atoms with Crippen LogP contribution in [0.5, 0.6) is 0 Å². The fourth-order valence-electron chi connectivity index (χ4n) is 3.50. The molecule has 1 N–H and O–H groups in total. The maximum Gasteiger partial charge on any atom is 0.0919 e. The zero-order valence-corrected chi connectivity index (χ0v) is 9.03. The summed E-state index contributed by atoms with van der Waals surface area (Å²) in [5.41, 5.74) is 0. The normalized spacial score (nSPS) is 50.1. The van der Waals surface area contributed by atoms with Crippen LogP contribution in [0.2, 0.25) is 0 Å². The highest BCUT2D eigenvalue weighted by Gasteiger charge is 2.52. The van der Waals surface area contributed by atoms with Crippen LogP contribution >= 0.6 is 0 Å². The third-order valence-electron chi connectivity index (χ3n) is 4.61. The number of aliphatic hydroxyl groups excluding tert-OH is 1. The zero-order chi connectivity index (χ0) is 9.64. The molecule has 0 radical (unpaired) electrons. The van der Waals surface area contributed by atoms with Crippen molar-refractivity contribution >= 4 is 0 Å². The van der Waals surface area contributed by atoms with Crippen LogP contribution in [0.4, 0.5) is 0 Å². The molecule has 76 valence electrons. The minimum absolute atomic E-state index is 0.0116. The molecule has 0 aromatic rings. The highest BCUT2D eigenvalue weighted by molar-refractivity contribution is 4.86. The fourth-order valence-corrected chi connectivity index (χ4v) is 3.50. The lowest BCUT2D eigenvalue weighted by Crippen LogP contribution is -2.62. The van der Waals surface area contributed by atoms with Gasteiger partial charge in [0.05, 0.1) is 31.3 Å². The van der Waals surface area contributed by atoms with Crippen molar-refractivity contribution in [1.29, 1.82) is 0 Å². The maximum absolute atomic E-state index is 9.69. The van der Waals surface area contributed by atoms with Gasteiger partial charge < -0.3 is 9.59 Å². The molecule has 0 amide bonds. The highest BCUT2D eigenvalue weighted by Crippen LogP contribution is 2.42. The lowest BCUT2D eigenvalue weighted by Gasteiger charge is -2.49. The van der Waals surface area contributed by atoms with Gasteiger partial charge >= 0.3 is 0 Å². The van der Waals surface area contributed by atoms with Gasteiger partial charge in [0.15, 0.2) is 0 Å². The summed E-state index contributed by atoms with van der Waals surface area (Å²) in [5.74, 6) is 0. The van der Waals surface area contributed by atoms with Gasteiger partial charge in [0.2, 0.25) is 0 Å². The van der Waals surface area contributed by atoms with Crippen LogP contribution in [0.25, 0.3) is 0 Å². The molecular weight excluding hydrogens is 162 g/mol. The van der Waals surface area contributed by atoms with Crippen LogP contribution in [0.3, 0.4) is 0 Å². The van der Waals surface area contributed by atoms with Crippen molar-refractivity contribution in [2.75, 3.05) is 7.05 Å². The van der Waals surface area contributed by atoms with Crippen LogP contribution in [-0.2, 0) is 0 Å². The summed E-state index contributed by atoms with van der Waals surface area (Å²) < 4.78 is 1.22. The van der Waals surface area contributed by atoms with E-state index in [1.165, 1.54) is 17.3 Å². The van der Waals surface area contributed by atoms with E-state index in [-0.39, 0.29) is 6.10 Å². The van der Waals surface area contributed by atoms with Gasteiger partial charge in [-0.05, 0) is 13.8 Å². The Morgan fingerprint density at radius 1 is 1.15 bits per heavy atom. The predicted octanol–water partition coefficient (Wildman–Crippen LogP) is 1.53. The van der Waals surface area contributed by atoms with Crippen molar-refractivity contribution in [3.63, 3.8) is 0 Å². The summed E-state index contributed by atoms with van der Waals surface area (Å²) >= 11 is 0. The molecule has 0 saturated carbocycles. The lowest BCUT2D eigenvalue weighted by atomic mass is 9.95. The quantitative estimate of drug-likeness (QED) is 0.613. The van der Waals surface area contributed by atoms with Crippen LogP contribution in [0, 0.1) is 0 Å². The molecule has 2 bridgehead atoms. The van der Waals surface area contributed by atoms with Gasteiger partial charge in [0.25, 0.3) is 0 Å². The predicted molar refractivity (Wildman–Crippen MR) is 53.4 cm³/mol. The van der Waals surface area contributed by atoms with E-state index in [0.717, 1.165) is 24.9 Å². The Bertz CT molecular complexity index is 188. The second-order valence-corrected chi connectivity index (χ2v) is 5.33. The van der Waals surface area contributed by atoms with E-state index in [4.69, 9.17) is 0 Å². The molecule has 0 aromatic carbocycles. The molecule has 2 saturated heterocycles. The molecule has 0 aromatic heterocycles. The number of nitrogens with zero attached hydrogens (tertiary/aromatic N) is 1. The van der Waals surface area contributed by atoms with Crippen molar-refractivity contribution in [2.24, 2.45) is 0 Å². The highest BCUT2D eigenvalue weighted by atomic mass is 16.3. The number of hydrogen-bond acceptors (Lipinski definition) is 1. The van der Waals surface area contributed by atoms with Crippen molar-refractivity contribution in [1.82, 2.24) is 0 Å². The second kappa shape index (κ2) is 2.96. The zero-order valence-electron chi connectivity index (χ0n) is 9.03. The molecule has 2 heterocycles. The first-order valence-electron chi connectivity index (χ1n) is 5.58. The van der Waals surface area contributed by atoms with Crippen molar-refractivity contribution in [3.8, 4) is 0 Å². The van der Waals surface area contributed by atoms with Gasteiger partial charge in [-0.15, -0.1) is 0 Å². The maximum atomic E-state index is 9.69. The Morgan fingerprint density at radius 3 is 2.00 bits per heavy atom. The molecule has 0 unspecified atom stereocenters. The average Bonchev–Trinajstić information content (AvgIpc) is 2.29. The van der Waals surface area contributed by atoms with E-state index >= 15 is 0 Å². The Balaban J connectivity index is 2.23. The largest absolute Gasteiger partial charge is 0.393 e. The molecule has 2 aliphatic rings. The smallest absolute Gasteiger partial charge is 0.0919 e. The van der Waals surface area contributed by atoms with Crippen LogP contribution < -0.4 is 0 Å². The van der Waals surface area contributed by atoms with E-state index < -0.39 is 0 Å². The average molecular weight is 184 g/mol. The number of hydrogen-bond donors (Lipinski definition) is 1. The lowest BCUT2D eigenvalue weighted by molar-refractivity contribution is -0.968. The standard InChI is InChI=1S/C11H22NO/c1-8(2)12(3)9-4-5-10(12)7-11(13)6-9/h8-11,13H,4-7H2,1-3H3/q+1/t9-,10+,11+,12+. The number of quaternary nitrogens is 1. The first kappa shape index (κ1) is 9.47. The molecule has 2 heteroatoms. The van der Waals surface area contributed by atoms with Gasteiger partial charge in [-0.2, -0.15) is 0 Å². The molecule has 2 rings (SSSR count). The van der Waals surface area contributed by atoms with Gasteiger partial charge in [0, 0.05) is 25.7 Å². The molecule has 4 atom stereocenters. The summed E-state index contributed by atoms with van der Waals surface area (Å²) in [5, 5.41) is 9.69. The van der Waals surface area contributed by atoms with Gasteiger partial charge in [0.1, 0.15) is 0 Å². The molecular formula is C11H22NO+. The summed E-state index contributed by atoms with van der Waals surface area (Å²) in [7, 11) is 2.39. The van der Waals surface area contributed by atoms with Gasteiger partial charge in [-0.25, -0.2) is 0 Å². The molecule has 2 fully saturated rings. The summed E-state index contributed by atoms with van der Waals surface area (Å²) in [6.07, 6.45) is 4.71. The van der Waals surface area contributed by atoms with E-state index in [1.54, 1.807) is 0 Å². The van der Waals surface area contributed by atoms with E-state index in [2.05, 4.69) is 20.9 Å². The summed E-state index contributed by atoms with van der Waals surface area (Å²) in [4.78, 5) is 0. The first-order chi connectivity index (χ1) is 6.05. The summed E-state index contributed by atoms with van der Waals surface area (Å²) in [6, 6.07) is 2.17. The van der Waals surface area contributed by atoms with Crippen LogP contribution in [-0.4, -0.2) is 40.9 Å².